The van der Waals surface area contributed by atoms with Crippen molar-refractivity contribution in [3.63, 3.8) is 0 Å². The fourth-order valence-electron chi connectivity index (χ4n) is 3.51. The van der Waals surface area contributed by atoms with E-state index in [2.05, 4.69) is 20.5 Å². The summed E-state index contributed by atoms with van der Waals surface area (Å²) in [5, 5.41) is 21.1. The number of carbonyl (C=O) groups excluding carboxylic acids is 1. The van der Waals surface area contributed by atoms with Gasteiger partial charge in [-0.3, -0.25) is 14.9 Å². The van der Waals surface area contributed by atoms with Crippen LogP contribution in [0, 0.1) is 0 Å². The molecule has 1 amide bonds. The molecule has 35 heavy (non-hydrogen) atoms. The van der Waals surface area contributed by atoms with Crippen molar-refractivity contribution in [3.8, 4) is 5.75 Å². The number of benzene rings is 3. The minimum Gasteiger partial charge on any atom is -0.508 e. The molecule has 0 fully saturated rings. The van der Waals surface area contributed by atoms with E-state index in [1.807, 2.05) is 66.7 Å². The van der Waals surface area contributed by atoms with Crippen molar-refractivity contribution >= 4 is 58.0 Å². The van der Waals surface area contributed by atoms with E-state index in [0.29, 0.717) is 11.3 Å². The fraction of sp³-hybridized carbons (Fsp3) is 0. The number of aromatic hydroxyl groups is 1. The van der Waals surface area contributed by atoms with Crippen LogP contribution < -0.4 is 5.32 Å². The third-order valence-corrected chi connectivity index (χ3v) is 6.60. The summed E-state index contributed by atoms with van der Waals surface area (Å²) in [5.74, 6) is -0.251. The first-order valence-corrected chi connectivity index (χ1v) is 11.9. The second-order valence-corrected chi connectivity index (χ2v) is 9.14. The van der Waals surface area contributed by atoms with E-state index in [-0.39, 0.29) is 16.7 Å². The molecule has 3 N–H and O–H groups in total. The summed E-state index contributed by atoms with van der Waals surface area (Å²) in [7, 11) is 0. The standard InChI is InChI=1S/C27H19ClN4O2S/c28-22-15-18(33)9-13-24(22)30-27(34)21-6-1-2-7-26(21)35-19-10-11-20-23(31-32-25(20)16-19)12-8-17-5-3-4-14-29-17/h1-16,33H,(H,30,34)(H,31,32)/b12-8+. The van der Waals surface area contributed by atoms with Crippen molar-refractivity contribution < 1.29 is 9.90 Å². The maximum absolute atomic E-state index is 13.0. The monoisotopic (exact) mass is 498 g/mol. The molecular formula is C27H19ClN4O2S. The number of hydrogen-bond donors (Lipinski definition) is 3. The number of nitrogens with one attached hydrogen (secondary N) is 2. The van der Waals surface area contributed by atoms with Crippen LogP contribution in [0.2, 0.25) is 5.02 Å². The summed E-state index contributed by atoms with van der Waals surface area (Å²) in [5.41, 5.74) is 3.53. The van der Waals surface area contributed by atoms with Gasteiger partial charge in [-0.05, 0) is 66.7 Å². The number of phenolic OH excluding ortho intramolecular Hbond substituents is 1. The lowest BCUT2D eigenvalue weighted by Crippen LogP contribution is -2.13. The molecule has 0 atom stereocenters. The molecule has 0 aliphatic rings. The second-order valence-electron chi connectivity index (χ2n) is 7.62. The van der Waals surface area contributed by atoms with Crippen LogP contribution in [0.3, 0.4) is 0 Å². The van der Waals surface area contributed by atoms with E-state index in [9.17, 15) is 9.90 Å². The zero-order chi connectivity index (χ0) is 24.2. The largest absolute Gasteiger partial charge is 0.508 e. The first kappa shape index (κ1) is 22.7. The Bertz CT molecular complexity index is 1550. The smallest absolute Gasteiger partial charge is 0.256 e. The number of fused-ring (bicyclic) bond motifs is 1. The summed E-state index contributed by atoms with van der Waals surface area (Å²) in [4.78, 5) is 19.1. The molecule has 0 bridgehead atoms. The van der Waals surface area contributed by atoms with Gasteiger partial charge in [0.2, 0.25) is 0 Å². The van der Waals surface area contributed by atoms with Gasteiger partial charge in [0.25, 0.3) is 5.91 Å². The predicted octanol–water partition coefficient (Wildman–Crippen LogP) is 6.89. The molecule has 0 spiro atoms. The number of H-pyrrole nitrogens is 1. The van der Waals surface area contributed by atoms with Gasteiger partial charge in [0.1, 0.15) is 5.75 Å². The molecule has 5 rings (SSSR count). The van der Waals surface area contributed by atoms with Gasteiger partial charge in [-0.1, -0.05) is 41.6 Å². The number of pyridine rings is 1. The lowest BCUT2D eigenvalue weighted by molar-refractivity contribution is 0.102. The molecule has 0 aliphatic carbocycles. The third-order valence-electron chi connectivity index (χ3n) is 5.22. The summed E-state index contributed by atoms with van der Waals surface area (Å²) >= 11 is 7.63. The maximum Gasteiger partial charge on any atom is 0.256 e. The van der Waals surface area contributed by atoms with Gasteiger partial charge < -0.3 is 10.4 Å². The van der Waals surface area contributed by atoms with Crippen molar-refractivity contribution in [3.05, 3.63) is 107 Å². The highest BCUT2D eigenvalue weighted by atomic mass is 35.5. The number of carbonyl (C=O) groups is 1. The lowest BCUT2D eigenvalue weighted by Gasteiger charge is -2.11. The minimum absolute atomic E-state index is 0.0357. The van der Waals surface area contributed by atoms with E-state index in [1.54, 1.807) is 18.3 Å². The number of rotatable bonds is 6. The van der Waals surface area contributed by atoms with Crippen LogP contribution in [0.4, 0.5) is 5.69 Å². The Kier molecular flexibility index (Phi) is 6.52. The Hall–Kier alpha value is -4.07. The van der Waals surface area contributed by atoms with Gasteiger partial charge in [-0.2, -0.15) is 5.10 Å². The molecule has 5 aromatic rings. The van der Waals surface area contributed by atoms with Crippen LogP contribution in [0.1, 0.15) is 21.7 Å². The van der Waals surface area contributed by atoms with E-state index in [1.165, 1.54) is 23.9 Å². The van der Waals surface area contributed by atoms with Gasteiger partial charge in [-0.15, -0.1) is 0 Å². The van der Waals surface area contributed by atoms with Gasteiger partial charge in [0.05, 0.1) is 33.2 Å². The number of halogens is 1. The number of amides is 1. The summed E-state index contributed by atoms with van der Waals surface area (Å²) in [6.45, 7) is 0. The highest BCUT2D eigenvalue weighted by Gasteiger charge is 2.15. The maximum atomic E-state index is 13.0. The Morgan fingerprint density at radius 2 is 1.86 bits per heavy atom. The van der Waals surface area contributed by atoms with Gasteiger partial charge in [0, 0.05) is 27.4 Å². The number of aromatic nitrogens is 3. The highest BCUT2D eigenvalue weighted by molar-refractivity contribution is 7.99. The van der Waals surface area contributed by atoms with Crippen molar-refractivity contribution in [2.75, 3.05) is 5.32 Å². The van der Waals surface area contributed by atoms with Crippen LogP contribution in [0.5, 0.6) is 5.75 Å². The molecule has 0 saturated carbocycles. The molecule has 2 aromatic heterocycles. The first-order valence-electron chi connectivity index (χ1n) is 10.7. The number of anilines is 1. The number of hydrogen-bond acceptors (Lipinski definition) is 5. The topological polar surface area (TPSA) is 90.9 Å². The third kappa shape index (κ3) is 5.21. The summed E-state index contributed by atoms with van der Waals surface area (Å²) < 4.78 is 0. The number of aromatic amines is 1. The zero-order valence-corrected chi connectivity index (χ0v) is 19.8. The average molecular weight is 499 g/mol. The molecule has 6 nitrogen and oxygen atoms in total. The summed E-state index contributed by atoms with van der Waals surface area (Å²) in [6, 6.07) is 23.6. The second kappa shape index (κ2) is 10.0. The van der Waals surface area contributed by atoms with Crippen LogP contribution in [0.25, 0.3) is 23.1 Å². The fourth-order valence-corrected chi connectivity index (χ4v) is 4.72. The molecule has 0 radical (unpaired) electrons. The van der Waals surface area contributed by atoms with Gasteiger partial charge >= 0.3 is 0 Å². The minimum atomic E-state index is -0.287. The van der Waals surface area contributed by atoms with Crippen LogP contribution >= 0.6 is 23.4 Å². The molecule has 0 saturated heterocycles. The van der Waals surface area contributed by atoms with E-state index >= 15 is 0 Å². The molecular weight excluding hydrogens is 480 g/mol. The average Bonchev–Trinajstić information content (AvgIpc) is 3.27. The van der Waals surface area contributed by atoms with Crippen molar-refractivity contribution in [2.45, 2.75) is 9.79 Å². The quantitative estimate of drug-likeness (QED) is 0.222. The van der Waals surface area contributed by atoms with E-state index < -0.39 is 0 Å². The molecule has 172 valence electrons. The predicted molar refractivity (Wildman–Crippen MR) is 141 cm³/mol. The molecule has 8 heteroatoms. The molecule has 2 heterocycles. The lowest BCUT2D eigenvalue weighted by atomic mass is 10.2. The molecule has 3 aromatic carbocycles. The zero-order valence-electron chi connectivity index (χ0n) is 18.3. The Morgan fingerprint density at radius 3 is 2.69 bits per heavy atom. The van der Waals surface area contributed by atoms with Crippen molar-refractivity contribution in [1.29, 1.82) is 0 Å². The van der Waals surface area contributed by atoms with Gasteiger partial charge in [-0.25, -0.2) is 0 Å². The number of phenols is 1. The Labute approximate surface area is 210 Å². The van der Waals surface area contributed by atoms with E-state index in [4.69, 9.17) is 11.6 Å². The van der Waals surface area contributed by atoms with Crippen LogP contribution in [0.15, 0.2) is 94.9 Å². The Morgan fingerprint density at radius 1 is 1.00 bits per heavy atom. The van der Waals surface area contributed by atoms with Gasteiger partial charge in [0.15, 0.2) is 0 Å². The SMILES string of the molecule is O=C(Nc1ccc(O)cc1Cl)c1ccccc1Sc1ccc2c(/C=C/c3ccccn3)n[nH]c2c1. The molecule has 0 unspecified atom stereocenters. The number of nitrogens with zero attached hydrogens (tertiary/aromatic N) is 2. The van der Waals surface area contributed by atoms with E-state index in [0.717, 1.165) is 32.1 Å². The van der Waals surface area contributed by atoms with Crippen molar-refractivity contribution in [2.24, 2.45) is 0 Å². The normalized spacial score (nSPS) is 11.2. The van der Waals surface area contributed by atoms with Crippen LogP contribution in [-0.2, 0) is 0 Å². The summed E-state index contributed by atoms with van der Waals surface area (Å²) in [6.07, 6.45) is 5.61. The first-order chi connectivity index (χ1) is 17.1. The molecule has 0 aliphatic heterocycles. The van der Waals surface area contributed by atoms with Crippen LogP contribution in [-0.4, -0.2) is 26.2 Å². The van der Waals surface area contributed by atoms with Crippen molar-refractivity contribution in [1.82, 2.24) is 15.2 Å². The Balaban J connectivity index is 1.37. The highest BCUT2D eigenvalue weighted by Crippen LogP contribution is 2.34.